The van der Waals surface area contributed by atoms with Crippen LogP contribution in [0.15, 0.2) is 35.1 Å². The normalized spacial score (nSPS) is 10.9. The van der Waals surface area contributed by atoms with Gasteiger partial charge in [0, 0.05) is 30.6 Å². The lowest BCUT2D eigenvalue weighted by Crippen LogP contribution is -2.19. The molecule has 0 saturated carbocycles. The van der Waals surface area contributed by atoms with Gasteiger partial charge in [-0.15, -0.1) is 0 Å². The van der Waals surface area contributed by atoms with E-state index >= 15 is 0 Å². The van der Waals surface area contributed by atoms with Gasteiger partial charge in [-0.3, -0.25) is 0 Å². The molecule has 1 aromatic carbocycles. The second-order valence-corrected chi connectivity index (χ2v) is 5.93. The molecular formula is C15H17BrFN3O. The van der Waals surface area contributed by atoms with Crippen LogP contribution in [0.1, 0.15) is 19.4 Å². The molecule has 0 aliphatic rings. The molecular weight excluding hydrogens is 337 g/mol. The fourth-order valence-electron chi connectivity index (χ4n) is 1.65. The van der Waals surface area contributed by atoms with Gasteiger partial charge in [0.05, 0.1) is 4.47 Å². The third-order valence-electron chi connectivity index (χ3n) is 2.66. The second kappa shape index (κ2) is 7.47. The maximum atomic E-state index is 13.2. The Morgan fingerprint density at radius 2 is 2.00 bits per heavy atom. The van der Waals surface area contributed by atoms with Crippen molar-refractivity contribution in [3.63, 3.8) is 0 Å². The van der Waals surface area contributed by atoms with Gasteiger partial charge in [-0.25, -0.2) is 14.4 Å². The first-order valence-corrected chi connectivity index (χ1v) is 7.48. The quantitative estimate of drug-likeness (QED) is 0.854. The van der Waals surface area contributed by atoms with E-state index < -0.39 is 0 Å². The van der Waals surface area contributed by atoms with Crippen molar-refractivity contribution in [3.8, 4) is 11.8 Å². The Morgan fingerprint density at radius 3 is 2.67 bits per heavy atom. The standard InChI is InChI=1S/C15H17BrFN3O/c1-10(2)6-18-7-11-8-19-15(20-9-11)21-14-5-12(17)3-4-13(14)16/h3-5,8-10,18H,6-7H2,1-2H3. The number of nitrogens with zero attached hydrogens (tertiary/aromatic N) is 2. The number of hydrogen-bond acceptors (Lipinski definition) is 4. The van der Waals surface area contributed by atoms with Crippen molar-refractivity contribution >= 4 is 15.9 Å². The average molecular weight is 354 g/mol. The summed E-state index contributed by atoms with van der Waals surface area (Å²) >= 11 is 3.29. The van der Waals surface area contributed by atoms with Gasteiger partial charge in [-0.2, -0.15) is 0 Å². The largest absolute Gasteiger partial charge is 0.423 e. The van der Waals surface area contributed by atoms with Gasteiger partial charge in [0.25, 0.3) is 0 Å². The first-order valence-electron chi connectivity index (χ1n) is 6.69. The molecule has 4 nitrogen and oxygen atoms in total. The molecule has 0 aliphatic carbocycles. The van der Waals surface area contributed by atoms with Crippen LogP contribution in [-0.4, -0.2) is 16.5 Å². The van der Waals surface area contributed by atoms with Crippen LogP contribution in [0.25, 0.3) is 0 Å². The summed E-state index contributed by atoms with van der Waals surface area (Å²) in [4.78, 5) is 8.25. The molecule has 6 heteroatoms. The summed E-state index contributed by atoms with van der Waals surface area (Å²) in [5.41, 5.74) is 0.973. The molecule has 0 fully saturated rings. The minimum Gasteiger partial charge on any atom is -0.423 e. The van der Waals surface area contributed by atoms with E-state index in [0.717, 1.165) is 12.1 Å². The van der Waals surface area contributed by atoms with Gasteiger partial charge in [0.1, 0.15) is 11.6 Å². The second-order valence-electron chi connectivity index (χ2n) is 5.08. The lowest BCUT2D eigenvalue weighted by molar-refractivity contribution is 0.434. The molecule has 2 rings (SSSR count). The van der Waals surface area contributed by atoms with Crippen LogP contribution in [0.4, 0.5) is 4.39 Å². The molecule has 0 saturated heterocycles. The molecule has 0 aliphatic heterocycles. The van der Waals surface area contributed by atoms with E-state index in [4.69, 9.17) is 4.74 Å². The Morgan fingerprint density at radius 1 is 1.29 bits per heavy atom. The van der Waals surface area contributed by atoms with Crippen LogP contribution >= 0.6 is 15.9 Å². The van der Waals surface area contributed by atoms with Gasteiger partial charge >= 0.3 is 6.01 Å². The average Bonchev–Trinajstić information content (AvgIpc) is 2.44. The topological polar surface area (TPSA) is 47.0 Å². The Labute approximate surface area is 131 Å². The third kappa shape index (κ3) is 5.06. The predicted molar refractivity (Wildman–Crippen MR) is 82.8 cm³/mol. The minimum absolute atomic E-state index is 0.189. The lowest BCUT2D eigenvalue weighted by atomic mass is 10.2. The van der Waals surface area contributed by atoms with E-state index in [1.165, 1.54) is 12.1 Å². The molecule has 0 atom stereocenters. The van der Waals surface area contributed by atoms with Crippen LogP contribution in [-0.2, 0) is 6.54 Å². The number of rotatable bonds is 6. The highest BCUT2D eigenvalue weighted by Gasteiger charge is 2.06. The summed E-state index contributed by atoms with van der Waals surface area (Å²) in [5.74, 6) is 0.572. The van der Waals surface area contributed by atoms with Crippen molar-refractivity contribution in [1.82, 2.24) is 15.3 Å². The van der Waals surface area contributed by atoms with Gasteiger partial charge in [-0.05, 0) is 40.5 Å². The maximum absolute atomic E-state index is 13.2. The van der Waals surface area contributed by atoms with Crippen LogP contribution < -0.4 is 10.1 Å². The zero-order valence-electron chi connectivity index (χ0n) is 11.9. The summed E-state index contributed by atoms with van der Waals surface area (Å²) in [6.45, 7) is 5.95. The summed E-state index contributed by atoms with van der Waals surface area (Å²) in [6, 6.07) is 4.40. The van der Waals surface area contributed by atoms with Crippen molar-refractivity contribution in [2.75, 3.05) is 6.54 Å². The molecule has 1 N–H and O–H groups in total. The molecule has 1 heterocycles. The first-order chi connectivity index (χ1) is 10.0. The van der Waals surface area contributed by atoms with E-state index in [9.17, 15) is 4.39 Å². The number of ether oxygens (including phenoxy) is 1. The molecule has 1 aromatic heterocycles. The van der Waals surface area contributed by atoms with Gasteiger partial charge in [0.2, 0.25) is 0 Å². The van der Waals surface area contributed by atoms with E-state index in [0.29, 0.717) is 22.7 Å². The van der Waals surface area contributed by atoms with E-state index in [1.807, 2.05) is 0 Å². The van der Waals surface area contributed by atoms with Crippen molar-refractivity contribution in [2.45, 2.75) is 20.4 Å². The zero-order valence-corrected chi connectivity index (χ0v) is 13.5. The molecule has 2 aromatic rings. The van der Waals surface area contributed by atoms with Crippen LogP contribution in [0.5, 0.6) is 11.8 Å². The molecule has 0 radical (unpaired) electrons. The predicted octanol–water partition coefficient (Wildman–Crippen LogP) is 3.92. The highest BCUT2D eigenvalue weighted by molar-refractivity contribution is 9.10. The van der Waals surface area contributed by atoms with Crippen LogP contribution in [0.3, 0.4) is 0 Å². The molecule has 0 spiro atoms. The highest BCUT2D eigenvalue weighted by Crippen LogP contribution is 2.28. The van der Waals surface area contributed by atoms with Crippen molar-refractivity contribution in [2.24, 2.45) is 5.92 Å². The fourth-order valence-corrected chi connectivity index (χ4v) is 1.97. The number of nitrogens with one attached hydrogen (secondary N) is 1. The van der Waals surface area contributed by atoms with Crippen molar-refractivity contribution < 1.29 is 9.13 Å². The minimum atomic E-state index is -0.372. The monoisotopic (exact) mass is 353 g/mol. The van der Waals surface area contributed by atoms with Gasteiger partial charge < -0.3 is 10.1 Å². The van der Waals surface area contributed by atoms with E-state index in [1.54, 1.807) is 18.5 Å². The molecule has 112 valence electrons. The third-order valence-corrected chi connectivity index (χ3v) is 3.31. The first kappa shape index (κ1) is 15.9. The summed E-state index contributed by atoms with van der Waals surface area (Å²) in [7, 11) is 0. The number of benzene rings is 1. The smallest absolute Gasteiger partial charge is 0.321 e. The highest BCUT2D eigenvalue weighted by atomic mass is 79.9. The molecule has 0 unspecified atom stereocenters. The number of aromatic nitrogens is 2. The van der Waals surface area contributed by atoms with Crippen molar-refractivity contribution in [3.05, 3.63) is 46.4 Å². The fraction of sp³-hybridized carbons (Fsp3) is 0.333. The van der Waals surface area contributed by atoms with Gasteiger partial charge in [0.15, 0.2) is 0 Å². The number of hydrogen-bond donors (Lipinski definition) is 1. The van der Waals surface area contributed by atoms with Gasteiger partial charge in [-0.1, -0.05) is 13.8 Å². The number of halogens is 2. The SMILES string of the molecule is CC(C)CNCc1cnc(Oc2cc(F)ccc2Br)nc1. The summed E-state index contributed by atoms with van der Waals surface area (Å²) in [5, 5.41) is 3.31. The molecule has 21 heavy (non-hydrogen) atoms. The zero-order chi connectivity index (χ0) is 15.2. The summed E-state index contributed by atoms with van der Waals surface area (Å²) < 4.78 is 19.3. The Kier molecular flexibility index (Phi) is 5.64. The van der Waals surface area contributed by atoms with E-state index in [-0.39, 0.29) is 11.8 Å². The van der Waals surface area contributed by atoms with E-state index in [2.05, 4.69) is 45.1 Å². The maximum Gasteiger partial charge on any atom is 0.321 e. The lowest BCUT2D eigenvalue weighted by Gasteiger charge is -2.08. The molecule has 0 amide bonds. The Bertz CT molecular complexity index is 590. The van der Waals surface area contributed by atoms with Crippen LogP contribution in [0, 0.1) is 11.7 Å². The van der Waals surface area contributed by atoms with Crippen molar-refractivity contribution in [1.29, 1.82) is 0 Å². The summed E-state index contributed by atoms with van der Waals surface area (Å²) in [6.07, 6.45) is 3.39. The Balaban J connectivity index is 1.97. The van der Waals surface area contributed by atoms with Crippen LogP contribution in [0.2, 0.25) is 0 Å². The Hall–Kier alpha value is -1.53. The molecule has 0 bridgehead atoms.